The molecule has 0 saturated carbocycles. The molecule has 0 rings (SSSR count). The van der Waals surface area contributed by atoms with Crippen LogP contribution in [-0.2, 0) is 23.2 Å². The number of nitrogens with one attached hydrogen (secondary N) is 1. The number of hydrogen-bond acceptors (Lipinski definition) is 6. The van der Waals surface area contributed by atoms with Crippen molar-refractivity contribution in [2.45, 2.75) is 33.3 Å². The second-order valence-corrected chi connectivity index (χ2v) is 6.62. The Labute approximate surface area is 118 Å². The Morgan fingerprint density at radius 2 is 1.95 bits per heavy atom. The Morgan fingerprint density at radius 1 is 1.40 bits per heavy atom. The van der Waals surface area contributed by atoms with Gasteiger partial charge in [-0.05, 0) is 6.92 Å². The monoisotopic (exact) mass is 311 g/mol. The van der Waals surface area contributed by atoms with Crippen LogP contribution in [0.2, 0.25) is 0 Å². The van der Waals surface area contributed by atoms with Gasteiger partial charge in [-0.1, -0.05) is 13.8 Å². The van der Waals surface area contributed by atoms with Crippen molar-refractivity contribution >= 4 is 19.5 Å². The summed E-state index contributed by atoms with van der Waals surface area (Å²) in [6.45, 7) is 4.16. The van der Waals surface area contributed by atoms with Crippen LogP contribution in [0.3, 0.4) is 0 Å². The predicted octanol–water partition coefficient (Wildman–Crippen LogP) is 0.232. The van der Waals surface area contributed by atoms with Gasteiger partial charge in [0.25, 0.3) is 0 Å². The minimum Gasteiger partial charge on any atom is -0.383 e. The molecule has 0 aliphatic carbocycles. The van der Waals surface area contributed by atoms with Gasteiger partial charge in [-0.15, -0.1) is 0 Å². The first-order valence-corrected chi connectivity index (χ1v) is 7.49. The summed E-state index contributed by atoms with van der Waals surface area (Å²) in [6, 6.07) is 0. The highest BCUT2D eigenvalue weighted by Crippen LogP contribution is 2.43. The highest BCUT2D eigenvalue weighted by Gasteiger charge is 2.36. The summed E-state index contributed by atoms with van der Waals surface area (Å²) >= 11 is 0. The quantitative estimate of drug-likeness (QED) is 0.521. The van der Waals surface area contributed by atoms with Crippen LogP contribution in [0.1, 0.15) is 27.2 Å². The molecule has 0 aromatic heterocycles. The van der Waals surface area contributed by atoms with Crippen LogP contribution in [0.25, 0.3) is 0 Å². The lowest BCUT2D eigenvalue weighted by molar-refractivity contribution is -0.137. The smallest absolute Gasteiger partial charge is 0.383 e. The van der Waals surface area contributed by atoms with Crippen molar-refractivity contribution < 1.29 is 33.2 Å². The molecule has 0 heterocycles. The van der Waals surface area contributed by atoms with Crippen LogP contribution in [0.5, 0.6) is 0 Å². The van der Waals surface area contributed by atoms with Crippen molar-refractivity contribution in [2.75, 3.05) is 20.3 Å². The van der Waals surface area contributed by atoms with E-state index in [1.807, 2.05) is 0 Å². The average Bonchev–Trinajstić information content (AvgIpc) is 2.35. The minimum atomic E-state index is -4.16. The summed E-state index contributed by atoms with van der Waals surface area (Å²) in [5.41, 5.74) is -1.10. The van der Waals surface area contributed by atoms with E-state index in [1.54, 1.807) is 0 Å². The molecule has 1 amide bonds. The van der Waals surface area contributed by atoms with Crippen LogP contribution in [0.15, 0.2) is 0 Å². The predicted molar refractivity (Wildman–Crippen MR) is 70.9 cm³/mol. The summed E-state index contributed by atoms with van der Waals surface area (Å²) < 4.78 is 20.0. The lowest BCUT2D eigenvalue weighted by atomic mass is 9.87. The molecular weight excluding hydrogens is 289 g/mol. The maximum absolute atomic E-state index is 11.7. The first-order chi connectivity index (χ1) is 9.02. The Kier molecular flexibility index (Phi) is 7.54. The molecule has 8 nitrogen and oxygen atoms in total. The Balaban J connectivity index is 4.41. The van der Waals surface area contributed by atoms with Gasteiger partial charge < -0.3 is 15.3 Å². The number of ketones is 1. The van der Waals surface area contributed by atoms with E-state index in [0.29, 0.717) is 0 Å². The van der Waals surface area contributed by atoms with Crippen molar-refractivity contribution in [3.05, 3.63) is 0 Å². The molecule has 0 aliphatic rings. The number of hydrogen-bond donors (Lipinski definition) is 3. The second-order valence-electron chi connectivity index (χ2n) is 5.06. The number of rotatable bonds is 9. The van der Waals surface area contributed by atoms with E-state index < -0.39 is 25.2 Å². The average molecular weight is 311 g/mol. The molecule has 2 unspecified atom stereocenters. The largest absolute Gasteiger partial charge is 0.471 e. The molecule has 2 atom stereocenters. The van der Waals surface area contributed by atoms with Crippen LogP contribution >= 0.6 is 7.82 Å². The van der Waals surface area contributed by atoms with Crippen molar-refractivity contribution in [1.82, 2.24) is 5.32 Å². The molecule has 20 heavy (non-hydrogen) atoms. The molecule has 0 spiro atoms. The van der Waals surface area contributed by atoms with Gasteiger partial charge in [0.15, 0.2) is 0 Å². The van der Waals surface area contributed by atoms with E-state index in [1.165, 1.54) is 20.8 Å². The van der Waals surface area contributed by atoms with Crippen molar-refractivity contribution in [1.29, 1.82) is 0 Å². The SMILES string of the molecule is COP(=O)(O)OCC(C)(C)C(O)C(=O)NCCC(C)=O. The Morgan fingerprint density at radius 3 is 2.40 bits per heavy atom. The third-order valence-corrected chi connectivity index (χ3v) is 3.51. The van der Waals surface area contributed by atoms with Crippen LogP contribution in [-0.4, -0.2) is 48.1 Å². The molecule has 0 fully saturated rings. The number of phosphoric acid groups is 1. The van der Waals surface area contributed by atoms with Gasteiger partial charge in [-0.25, -0.2) is 4.57 Å². The molecule has 0 radical (unpaired) electrons. The van der Waals surface area contributed by atoms with Crippen molar-refractivity contribution in [3.63, 3.8) is 0 Å². The number of aliphatic hydroxyl groups excluding tert-OH is 1. The molecule has 0 aliphatic heterocycles. The lowest BCUT2D eigenvalue weighted by Gasteiger charge is -2.29. The molecule has 0 aromatic carbocycles. The molecule has 3 N–H and O–H groups in total. The number of amides is 1. The fraction of sp³-hybridized carbons (Fsp3) is 0.818. The molecule has 0 bridgehead atoms. The van der Waals surface area contributed by atoms with E-state index in [9.17, 15) is 19.3 Å². The lowest BCUT2D eigenvalue weighted by Crippen LogP contribution is -2.46. The van der Waals surface area contributed by atoms with E-state index in [0.717, 1.165) is 7.11 Å². The van der Waals surface area contributed by atoms with Crippen LogP contribution in [0, 0.1) is 5.41 Å². The zero-order valence-corrected chi connectivity index (χ0v) is 13.0. The third kappa shape index (κ3) is 7.12. The fourth-order valence-electron chi connectivity index (χ4n) is 1.19. The second kappa shape index (κ2) is 7.85. The van der Waals surface area contributed by atoms with Gasteiger partial charge in [0.1, 0.15) is 11.9 Å². The Hall–Kier alpha value is -0.790. The van der Waals surface area contributed by atoms with Gasteiger partial charge >= 0.3 is 7.82 Å². The third-order valence-electron chi connectivity index (χ3n) is 2.60. The highest BCUT2D eigenvalue weighted by molar-refractivity contribution is 7.47. The van der Waals surface area contributed by atoms with Gasteiger partial charge in [0.2, 0.25) is 5.91 Å². The number of Topliss-reactive ketones (excluding diaryl/α,β-unsaturated/α-hetero) is 1. The maximum Gasteiger partial charge on any atom is 0.471 e. The molecular formula is C11H22NO7P. The summed E-state index contributed by atoms with van der Waals surface area (Å²) in [7, 11) is -3.15. The number of carbonyl (C=O) groups is 2. The number of carbonyl (C=O) groups excluding carboxylic acids is 2. The molecule has 0 aromatic rings. The maximum atomic E-state index is 11.7. The van der Waals surface area contributed by atoms with Gasteiger partial charge in [-0.3, -0.25) is 18.6 Å². The van der Waals surface area contributed by atoms with Crippen molar-refractivity contribution in [2.24, 2.45) is 5.41 Å². The number of phosphoric ester groups is 1. The molecule has 0 saturated heterocycles. The van der Waals surface area contributed by atoms with Gasteiger partial charge in [0, 0.05) is 25.5 Å². The van der Waals surface area contributed by atoms with E-state index in [4.69, 9.17) is 4.89 Å². The van der Waals surface area contributed by atoms with Crippen LogP contribution in [0.4, 0.5) is 0 Å². The van der Waals surface area contributed by atoms with E-state index in [2.05, 4.69) is 14.4 Å². The summed E-state index contributed by atoms with van der Waals surface area (Å²) in [4.78, 5) is 31.5. The minimum absolute atomic E-state index is 0.0799. The standard InChI is InChI=1S/C11H22NO7P/c1-8(13)5-6-12-10(15)9(14)11(2,3)7-19-20(16,17)18-4/h9,14H,5-7H2,1-4H3,(H,12,15)(H,16,17). The summed E-state index contributed by atoms with van der Waals surface area (Å²) in [5.74, 6) is -0.756. The van der Waals surface area contributed by atoms with E-state index in [-0.39, 0.29) is 25.4 Å². The zero-order chi connectivity index (χ0) is 16.0. The Bertz CT molecular complexity index is 396. The van der Waals surface area contributed by atoms with Gasteiger partial charge in [0.05, 0.1) is 6.61 Å². The van der Waals surface area contributed by atoms with E-state index >= 15 is 0 Å². The molecule has 9 heteroatoms. The number of aliphatic hydroxyl groups is 1. The van der Waals surface area contributed by atoms with Crippen molar-refractivity contribution in [3.8, 4) is 0 Å². The first kappa shape index (κ1) is 19.2. The highest BCUT2D eigenvalue weighted by atomic mass is 31.2. The van der Waals surface area contributed by atoms with Gasteiger partial charge in [-0.2, -0.15) is 0 Å². The first-order valence-electron chi connectivity index (χ1n) is 6.00. The summed E-state index contributed by atoms with van der Waals surface area (Å²) in [5, 5.41) is 12.3. The molecule has 118 valence electrons. The fourth-order valence-corrected chi connectivity index (χ4v) is 1.79. The normalized spacial score (nSPS) is 16.3. The summed E-state index contributed by atoms with van der Waals surface area (Å²) in [6.07, 6.45) is -1.28. The topological polar surface area (TPSA) is 122 Å². The zero-order valence-electron chi connectivity index (χ0n) is 12.1. The van der Waals surface area contributed by atoms with Crippen LogP contribution < -0.4 is 5.32 Å².